The predicted molar refractivity (Wildman–Crippen MR) is 86.0 cm³/mol. The van der Waals surface area contributed by atoms with Crippen molar-refractivity contribution in [3.63, 3.8) is 0 Å². The summed E-state index contributed by atoms with van der Waals surface area (Å²) in [4.78, 5) is 0. The van der Waals surface area contributed by atoms with E-state index in [0.29, 0.717) is 5.02 Å². The maximum Gasteiger partial charge on any atom is 0.0846 e. The predicted octanol–water partition coefficient (Wildman–Crippen LogP) is 6.04. The molecule has 0 nitrogen and oxygen atoms in total. The van der Waals surface area contributed by atoms with Gasteiger partial charge in [0.1, 0.15) is 0 Å². The fourth-order valence-electron chi connectivity index (χ4n) is 1.52. The van der Waals surface area contributed by atoms with Crippen LogP contribution in [0.5, 0.6) is 0 Å². The minimum absolute atomic E-state index is 0.173. The van der Waals surface area contributed by atoms with E-state index < -0.39 is 0 Å². The molecule has 17 heavy (non-hydrogen) atoms. The van der Waals surface area contributed by atoms with Crippen LogP contribution >= 0.6 is 61.7 Å². The van der Waals surface area contributed by atoms with Crippen molar-refractivity contribution in [2.75, 3.05) is 0 Å². The highest BCUT2D eigenvalue weighted by molar-refractivity contribution is 14.1. The fraction of sp³-hybridized carbons (Fsp3) is 0.0769. The quantitative estimate of drug-likeness (QED) is 0.394. The van der Waals surface area contributed by atoms with E-state index in [9.17, 15) is 0 Å². The van der Waals surface area contributed by atoms with E-state index in [4.69, 9.17) is 23.2 Å². The van der Waals surface area contributed by atoms with Gasteiger partial charge in [-0.25, -0.2) is 0 Å². The number of halogens is 4. The average molecular weight is 442 g/mol. The van der Waals surface area contributed by atoms with Crippen LogP contribution in [0, 0.1) is 3.57 Å². The number of rotatable bonds is 2. The maximum absolute atomic E-state index is 6.48. The third-order valence-electron chi connectivity index (χ3n) is 2.39. The van der Waals surface area contributed by atoms with Gasteiger partial charge in [0.25, 0.3) is 0 Å². The third-order valence-corrected chi connectivity index (χ3v) is 4.63. The van der Waals surface area contributed by atoms with Gasteiger partial charge in [-0.05, 0) is 64.0 Å². The molecule has 2 aromatic carbocycles. The minimum atomic E-state index is -0.173. The number of benzene rings is 2. The second-order valence-corrected chi connectivity index (χ2v) is 6.53. The second kappa shape index (κ2) is 5.91. The Balaban J connectivity index is 2.39. The van der Waals surface area contributed by atoms with E-state index in [-0.39, 0.29) is 5.38 Å². The topological polar surface area (TPSA) is 0 Å². The zero-order valence-electron chi connectivity index (χ0n) is 8.63. The van der Waals surface area contributed by atoms with Crippen LogP contribution in [-0.2, 0) is 0 Å². The Hall–Kier alpha value is 0.230. The molecule has 2 rings (SSSR count). The van der Waals surface area contributed by atoms with Gasteiger partial charge >= 0.3 is 0 Å². The molecular formula is C13H8BrCl2I. The van der Waals surface area contributed by atoms with Gasteiger partial charge in [-0.2, -0.15) is 0 Å². The molecule has 0 N–H and O–H groups in total. The Bertz CT molecular complexity index is 525. The minimum Gasteiger partial charge on any atom is -0.113 e. The van der Waals surface area contributed by atoms with Crippen LogP contribution in [0.3, 0.4) is 0 Å². The molecule has 0 spiro atoms. The molecule has 0 saturated carbocycles. The lowest BCUT2D eigenvalue weighted by Gasteiger charge is -2.13. The van der Waals surface area contributed by atoms with Crippen molar-refractivity contribution in [2.45, 2.75) is 5.38 Å². The molecule has 4 heteroatoms. The summed E-state index contributed by atoms with van der Waals surface area (Å²) in [5, 5.41) is 0.539. The summed E-state index contributed by atoms with van der Waals surface area (Å²) < 4.78 is 2.17. The first kappa shape index (κ1) is 13.7. The summed E-state index contributed by atoms with van der Waals surface area (Å²) in [5.41, 5.74) is 2.11. The number of hydrogen-bond acceptors (Lipinski definition) is 0. The zero-order valence-corrected chi connectivity index (χ0v) is 13.9. The molecule has 0 amide bonds. The lowest BCUT2D eigenvalue weighted by Crippen LogP contribution is -1.96. The van der Waals surface area contributed by atoms with Gasteiger partial charge in [0.05, 0.1) is 5.38 Å². The average Bonchev–Trinajstić information content (AvgIpc) is 2.32. The van der Waals surface area contributed by atoms with Gasteiger partial charge in [-0.1, -0.05) is 39.7 Å². The first-order valence-corrected chi connectivity index (χ1v) is 7.61. The van der Waals surface area contributed by atoms with E-state index in [2.05, 4.69) is 38.5 Å². The van der Waals surface area contributed by atoms with Gasteiger partial charge in [0, 0.05) is 13.1 Å². The molecular weight excluding hydrogens is 434 g/mol. The molecule has 0 aliphatic carbocycles. The molecule has 0 radical (unpaired) electrons. The van der Waals surface area contributed by atoms with Gasteiger partial charge in [-0.3, -0.25) is 0 Å². The zero-order chi connectivity index (χ0) is 12.4. The van der Waals surface area contributed by atoms with Crippen molar-refractivity contribution < 1.29 is 0 Å². The van der Waals surface area contributed by atoms with E-state index in [0.717, 1.165) is 19.2 Å². The Morgan fingerprint density at radius 2 is 1.71 bits per heavy atom. The first-order chi connectivity index (χ1) is 8.08. The largest absolute Gasteiger partial charge is 0.113 e. The van der Waals surface area contributed by atoms with E-state index in [1.807, 2.05) is 42.5 Å². The van der Waals surface area contributed by atoms with Crippen molar-refractivity contribution in [1.29, 1.82) is 0 Å². The Labute approximate surface area is 133 Å². The van der Waals surface area contributed by atoms with Crippen molar-refractivity contribution >= 4 is 61.7 Å². The summed E-state index contributed by atoms with van der Waals surface area (Å²) in [6.45, 7) is 0. The van der Waals surface area contributed by atoms with Crippen LogP contribution < -0.4 is 0 Å². The van der Waals surface area contributed by atoms with Crippen LogP contribution in [0.25, 0.3) is 0 Å². The monoisotopic (exact) mass is 440 g/mol. The summed E-state index contributed by atoms with van der Waals surface area (Å²) in [6, 6.07) is 13.8. The van der Waals surface area contributed by atoms with Crippen LogP contribution in [0.1, 0.15) is 16.5 Å². The molecule has 0 heterocycles. The Morgan fingerprint density at radius 3 is 2.35 bits per heavy atom. The smallest absolute Gasteiger partial charge is 0.0846 e. The maximum atomic E-state index is 6.48. The highest BCUT2D eigenvalue weighted by Gasteiger charge is 2.14. The molecule has 0 aliphatic heterocycles. The van der Waals surface area contributed by atoms with Crippen molar-refractivity contribution in [2.24, 2.45) is 0 Å². The fourth-order valence-corrected chi connectivity index (χ4v) is 3.12. The lowest BCUT2D eigenvalue weighted by atomic mass is 10.0. The molecule has 1 atom stereocenters. The summed E-state index contributed by atoms with van der Waals surface area (Å²) in [5.74, 6) is 0. The van der Waals surface area contributed by atoms with Crippen LogP contribution in [0.4, 0.5) is 0 Å². The molecule has 1 unspecified atom stereocenters. The second-order valence-electron chi connectivity index (χ2n) is 3.58. The Kier molecular flexibility index (Phi) is 4.75. The van der Waals surface area contributed by atoms with Crippen molar-refractivity contribution in [3.05, 3.63) is 66.7 Å². The van der Waals surface area contributed by atoms with Gasteiger partial charge in [-0.15, -0.1) is 11.6 Å². The summed E-state index contributed by atoms with van der Waals surface area (Å²) >= 11 is 18.2. The van der Waals surface area contributed by atoms with Gasteiger partial charge in [0.2, 0.25) is 0 Å². The number of hydrogen-bond donors (Lipinski definition) is 0. The van der Waals surface area contributed by atoms with Gasteiger partial charge < -0.3 is 0 Å². The summed E-state index contributed by atoms with van der Waals surface area (Å²) in [7, 11) is 0. The summed E-state index contributed by atoms with van der Waals surface area (Å²) in [6.07, 6.45) is 0. The van der Waals surface area contributed by atoms with Crippen molar-refractivity contribution in [1.82, 2.24) is 0 Å². The Morgan fingerprint density at radius 1 is 1.06 bits per heavy atom. The van der Waals surface area contributed by atoms with E-state index in [1.165, 1.54) is 0 Å². The van der Waals surface area contributed by atoms with Crippen molar-refractivity contribution in [3.8, 4) is 0 Å². The van der Waals surface area contributed by atoms with E-state index in [1.54, 1.807) is 0 Å². The molecule has 2 aromatic rings. The molecule has 0 saturated heterocycles. The van der Waals surface area contributed by atoms with Crippen LogP contribution in [0.15, 0.2) is 46.9 Å². The number of alkyl halides is 1. The highest BCUT2D eigenvalue weighted by atomic mass is 127. The van der Waals surface area contributed by atoms with Gasteiger partial charge in [0.15, 0.2) is 0 Å². The van der Waals surface area contributed by atoms with Crippen LogP contribution in [0.2, 0.25) is 5.02 Å². The first-order valence-electron chi connectivity index (χ1n) is 4.92. The van der Waals surface area contributed by atoms with Crippen LogP contribution in [-0.4, -0.2) is 0 Å². The molecule has 0 aromatic heterocycles. The lowest BCUT2D eigenvalue weighted by molar-refractivity contribution is 1.13. The molecule has 88 valence electrons. The molecule has 0 fully saturated rings. The normalized spacial score (nSPS) is 12.5. The highest BCUT2D eigenvalue weighted by Crippen LogP contribution is 2.33. The third kappa shape index (κ3) is 3.37. The molecule has 0 aliphatic rings. The SMILES string of the molecule is Clc1ccc(I)c(C(Cl)c2ccc(Br)cc2)c1. The molecule has 0 bridgehead atoms. The standard InChI is InChI=1S/C13H8BrCl2I/c14-9-3-1-8(2-4-9)13(16)11-7-10(15)5-6-12(11)17/h1-7,13H. The van der Waals surface area contributed by atoms with E-state index >= 15 is 0 Å².